The van der Waals surface area contributed by atoms with Gasteiger partial charge in [0.1, 0.15) is 5.02 Å². The van der Waals surface area contributed by atoms with Gasteiger partial charge in [0.25, 0.3) is 5.91 Å². The van der Waals surface area contributed by atoms with Gasteiger partial charge < -0.3 is 10.1 Å². The lowest BCUT2D eigenvalue weighted by Crippen LogP contribution is -2.22. The number of pyridine rings is 1. The second-order valence-corrected chi connectivity index (χ2v) is 4.87. The van der Waals surface area contributed by atoms with Crippen LogP contribution in [0.15, 0.2) is 36.8 Å². The molecule has 112 valence electrons. The van der Waals surface area contributed by atoms with Crippen molar-refractivity contribution in [3.8, 4) is 5.88 Å². The monoisotopic (exact) mass is 317 g/mol. The van der Waals surface area contributed by atoms with Crippen LogP contribution in [0.3, 0.4) is 0 Å². The summed E-state index contributed by atoms with van der Waals surface area (Å²) in [6.45, 7) is 0.331. The van der Waals surface area contributed by atoms with Crippen LogP contribution >= 0.6 is 11.6 Å². The number of halogens is 1. The van der Waals surface area contributed by atoms with E-state index >= 15 is 0 Å². The van der Waals surface area contributed by atoms with Crippen molar-refractivity contribution in [2.45, 2.75) is 6.54 Å². The SMILES string of the molecule is COc1ncc(C(=O)NCc2cnn3ncccc23)cc1Cl. The maximum Gasteiger partial charge on any atom is 0.253 e. The van der Waals surface area contributed by atoms with Crippen LogP contribution in [-0.2, 0) is 6.54 Å². The average Bonchev–Trinajstić information content (AvgIpc) is 2.95. The number of hydrogen-bond acceptors (Lipinski definition) is 5. The third-order valence-electron chi connectivity index (χ3n) is 3.09. The highest BCUT2D eigenvalue weighted by molar-refractivity contribution is 6.32. The quantitative estimate of drug-likeness (QED) is 0.792. The summed E-state index contributed by atoms with van der Waals surface area (Å²) >= 11 is 5.96. The largest absolute Gasteiger partial charge is 0.480 e. The number of nitrogens with zero attached hydrogens (tertiary/aromatic N) is 4. The van der Waals surface area contributed by atoms with Crippen molar-refractivity contribution in [3.63, 3.8) is 0 Å². The second-order valence-electron chi connectivity index (χ2n) is 4.47. The zero-order valence-corrected chi connectivity index (χ0v) is 12.4. The van der Waals surface area contributed by atoms with Crippen LogP contribution < -0.4 is 10.1 Å². The van der Waals surface area contributed by atoms with Crippen molar-refractivity contribution in [2.24, 2.45) is 0 Å². The molecule has 1 amide bonds. The average molecular weight is 318 g/mol. The molecule has 0 unspecified atom stereocenters. The molecule has 0 spiro atoms. The number of carbonyl (C=O) groups is 1. The van der Waals surface area contributed by atoms with Gasteiger partial charge in [-0.1, -0.05) is 11.6 Å². The van der Waals surface area contributed by atoms with Crippen molar-refractivity contribution in [2.75, 3.05) is 7.11 Å². The highest BCUT2D eigenvalue weighted by Gasteiger charge is 2.11. The van der Waals surface area contributed by atoms with Crippen molar-refractivity contribution >= 4 is 23.0 Å². The highest BCUT2D eigenvalue weighted by atomic mass is 35.5. The molecule has 0 radical (unpaired) electrons. The van der Waals surface area contributed by atoms with Crippen LogP contribution in [0.25, 0.3) is 5.52 Å². The number of rotatable bonds is 4. The Morgan fingerprint density at radius 1 is 1.41 bits per heavy atom. The summed E-state index contributed by atoms with van der Waals surface area (Å²) in [5.74, 6) is 0.00668. The van der Waals surface area contributed by atoms with Gasteiger partial charge in [-0.2, -0.15) is 14.8 Å². The topological polar surface area (TPSA) is 81.4 Å². The Hall–Kier alpha value is -2.67. The van der Waals surface area contributed by atoms with Crippen LogP contribution in [0.2, 0.25) is 5.02 Å². The first-order chi connectivity index (χ1) is 10.7. The summed E-state index contributed by atoms with van der Waals surface area (Å²) in [7, 11) is 1.47. The molecule has 0 bridgehead atoms. The summed E-state index contributed by atoms with van der Waals surface area (Å²) in [6.07, 6.45) is 4.73. The molecule has 0 fully saturated rings. The first-order valence-corrected chi connectivity index (χ1v) is 6.82. The van der Waals surface area contributed by atoms with E-state index in [2.05, 4.69) is 20.5 Å². The summed E-state index contributed by atoms with van der Waals surface area (Å²) < 4.78 is 6.46. The van der Waals surface area contributed by atoms with Crippen molar-refractivity contribution in [1.29, 1.82) is 0 Å². The number of ether oxygens (including phenoxy) is 1. The molecule has 3 aromatic heterocycles. The van der Waals surface area contributed by atoms with Gasteiger partial charge in [0.05, 0.1) is 24.4 Å². The zero-order chi connectivity index (χ0) is 15.5. The molecule has 0 saturated heterocycles. The first-order valence-electron chi connectivity index (χ1n) is 6.44. The van der Waals surface area contributed by atoms with Crippen LogP contribution in [0.5, 0.6) is 5.88 Å². The number of amides is 1. The van der Waals surface area contributed by atoms with Gasteiger partial charge in [0, 0.05) is 24.5 Å². The number of nitrogens with one attached hydrogen (secondary N) is 1. The fourth-order valence-corrected chi connectivity index (χ4v) is 2.24. The second kappa shape index (κ2) is 5.98. The zero-order valence-electron chi connectivity index (χ0n) is 11.7. The molecule has 22 heavy (non-hydrogen) atoms. The molecule has 0 aliphatic heterocycles. The Bertz CT molecular complexity index is 833. The number of hydrogen-bond donors (Lipinski definition) is 1. The summed E-state index contributed by atoms with van der Waals surface area (Å²) in [5.41, 5.74) is 2.07. The predicted molar refractivity (Wildman–Crippen MR) is 80.0 cm³/mol. The van der Waals surface area contributed by atoms with Gasteiger partial charge in [0.15, 0.2) is 0 Å². The molecular weight excluding hydrogens is 306 g/mol. The first kappa shape index (κ1) is 14.3. The minimum absolute atomic E-state index is 0.278. The van der Waals surface area contributed by atoms with Crippen LogP contribution in [0.1, 0.15) is 15.9 Å². The standard InChI is InChI=1S/C14H12ClN5O2/c1-22-14-11(15)5-9(6-17-14)13(21)16-7-10-8-19-20-12(10)3-2-4-18-20/h2-6,8H,7H2,1H3,(H,16,21). The Kier molecular flexibility index (Phi) is 3.88. The maximum absolute atomic E-state index is 12.1. The van der Waals surface area contributed by atoms with Gasteiger partial charge in [-0.05, 0) is 18.2 Å². The fraction of sp³-hybridized carbons (Fsp3) is 0.143. The van der Waals surface area contributed by atoms with E-state index in [0.717, 1.165) is 11.1 Å². The van der Waals surface area contributed by atoms with Gasteiger partial charge in [-0.25, -0.2) is 4.98 Å². The molecule has 0 aliphatic rings. The lowest BCUT2D eigenvalue weighted by atomic mass is 10.2. The number of aromatic nitrogens is 4. The summed E-state index contributed by atoms with van der Waals surface area (Å²) in [5, 5.41) is 11.3. The van der Waals surface area contributed by atoms with Gasteiger partial charge in [-0.15, -0.1) is 0 Å². The van der Waals surface area contributed by atoms with Crippen LogP contribution in [0, 0.1) is 0 Å². The van der Waals surface area contributed by atoms with E-state index in [-0.39, 0.29) is 16.8 Å². The van der Waals surface area contributed by atoms with E-state index in [1.165, 1.54) is 24.0 Å². The van der Waals surface area contributed by atoms with Crippen LogP contribution in [0.4, 0.5) is 0 Å². The van der Waals surface area contributed by atoms with E-state index in [1.54, 1.807) is 12.4 Å². The van der Waals surface area contributed by atoms with E-state index in [9.17, 15) is 4.79 Å². The Balaban J connectivity index is 1.73. The predicted octanol–water partition coefficient (Wildman–Crippen LogP) is 1.72. The molecule has 3 rings (SSSR count). The van der Waals surface area contributed by atoms with E-state index in [0.29, 0.717) is 12.1 Å². The number of carbonyl (C=O) groups excluding carboxylic acids is 1. The van der Waals surface area contributed by atoms with Gasteiger partial charge in [-0.3, -0.25) is 4.79 Å². The minimum Gasteiger partial charge on any atom is -0.480 e. The van der Waals surface area contributed by atoms with E-state index in [4.69, 9.17) is 16.3 Å². The minimum atomic E-state index is -0.278. The normalized spacial score (nSPS) is 10.6. The molecule has 7 nitrogen and oxygen atoms in total. The van der Waals surface area contributed by atoms with Crippen molar-refractivity contribution in [3.05, 3.63) is 52.9 Å². The molecule has 3 aromatic rings. The third-order valence-corrected chi connectivity index (χ3v) is 3.36. The van der Waals surface area contributed by atoms with E-state index in [1.807, 2.05) is 12.1 Å². The smallest absolute Gasteiger partial charge is 0.253 e. The Labute approximate surface area is 130 Å². The molecular formula is C14H12ClN5O2. The van der Waals surface area contributed by atoms with Crippen molar-refractivity contribution in [1.82, 2.24) is 25.1 Å². The highest BCUT2D eigenvalue weighted by Crippen LogP contribution is 2.21. The number of fused-ring (bicyclic) bond motifs is 1. The summed E-state index contributed by atoms with van der Waals surface area (Å²) in [4.78, 5) is 16.1. The third kappa shape index (κ3) is 2.71. The van der Waals surface area contributed by atoms with Crippen LogP contribution in [-0.4, -0.2) is 32.8 Å². The molecule has 0 aromatic carbocycles. The molecule has 0 aliphatic carbocycles. The maximum atomic E-state index is 12.1. The molecule has 0 saturated carbocycles. The summed E-state index contributed by atoms with van der Waals surface area (Å²) in [6, 6.07) is 5.21. The van der Waals surface area contributed by atoms with E-state index < -0.39 is 0 Å². The van der Waals surface area contributed by atoms with Crippen molar-refractivity contribution < 1.29 is 9.53 Å². The fourth-order valence-electron chi connectivity index (χ4n) is 2.00. The molecule has 1 N–H and O–H groups in total. The molecule has 3 heterocycles. The Morgan fingerprint density at radius 3 is 3.05 bits per heavy atom. The lowest BCUT2D eigenvalue weighted by molar-refractivity contribution is 0.0950. The molecule has 0 atom stereocenters. The lowest BCUT2D eigenvalue weighted by Gasteiger charge is -2.06. The Morgan fingerprint density at radius 2 is 2.27 bits per heavy atom. The van der Waals surface area contributed by atoms with Gasteiger partial charge in [0.2, 0.25) is 5.88 Å². The van der Waals surface area contributed by atoms with Gasteiger partial charge >= 0.3 is 0 Å². The number of methoxy groups -OCH3 is 1. The molecule has 8 heteroatoms.